The van der Waals surface area contributed by atoms with Gasteiger partial charge in [-0.05, 0) is 12.1 Å². The van der Waals surface area contributed by atoms with Gasteiger partial charge in [-0.15, -0.1) is 13.2 Å². The van der Waals surface area contributed by atoms with Crippen LogP contribution in [0.5, 0.6) is 5.75 Å². The Morgan fingerprint density at radius 1 is 1.40 bits per heavy atom. The topological polar surface area (TPSA) is 52.3 Å². The third kappa shape index (κ3) is 3.02. The maximum absolute atomic E-state index is 11.9. The van der Waals surface area contributed by atoms with E-state index in [1.165, 1.54) is 12.1 Å². The summed E-state index contributed by atoms with van der Waals surface area (Å²) in [5, 5.41) is -0.191. The number of hydrogen-bond acceptors (Lipinski definition) is 2. The molecular weight excluding hydrogens is 235 g/mol. The predicted octanol–water partition coefficient (Wildman–Crippen LogP) is 2.34. The summed E-state index contributed by atoms with van der Waals surface area (Å²) in [7, 11) is 0. The summed E-state index contributed by atoms with van der Waals surface area (Å²) in [6.45, 7) is 0. The van der Waals surface area contributed by atoms with E-state index in [9.17, 15) is 18.0 Å². The molecule has 0 heterocycles. The molecule has 0 aliphatic rings. The van der Waals surface area contributed by atoms with Crippen molar-refractivity contribution in [3.63, 3.8) is 0 Å². The Labute approximate surface area is 87.6 Å². The number of amides is 1. The minimum atomic E-state index is -4.89. The van der Waals surface area contributed by atoms with Crippen molar-refractivity contribution in [2.45, 2.75) is 6.36 Å². The van der Waals surface area contributed by atoms with Crippen molar-refractivity contribution in [1.82, 2.24) is 0 Å². The highest BCUT2D eigenvalue weighted by Crippen LogP contribution is 2.30. The molecule has 3 nitrogen and oxygen atoms in total. The summed E-state index contributed by atoms with van der Waals surface area (Å²) in [5.41, 5.74) is 4.37. The zero-order valence-corrected chi connectivity index (χ0v) is 7.89. The summed E-state index contributed by atoms with van der Waals surface area (Å²) in [4.78, 5) is 10.8. The number of nitrogens with two attached hydrogens (primary N) is 1. The zero-order valence-electron chi connectivity index (χ0n) is 7.14. The quantitative estimate of drug-likeness (QED) is 0.861. The van der Waals surface area contributed by atoms with Gasteiger partial charge in [-0.1, -0.05) is 17.7 Å². The molecule has 0 atom stereocenters. The first-order chi connectivity index (χ1) is 6.81. The van der Waals surface area contributed by atoms with Gasteiger partial charge in [0, 0.05) is 0 Å². The number of halogens is 4. The number of carbonyl (C=O) groups is 1. The van der Waals surface area contributed by atoms with E-state index >= 15 is 0 Å². The molecule has 2 N–H and O–H groups in total. The smallest absolute Gasteiger partial charge is 0.405 e. The lowest BCUT2D eigenvalue weighted by Crippen LogP contribution is -2.21. The summed E-state index contributed by atoms with van der Waals surface area (Å²) >= 11 is 5.51. The highest BCUT2D eigenvalue weighted by Gasteiger charge is 2.33. The van der Waals surface area contributed by atoms with Gasteiger partial charge in [0.25, 0.3) is 5.91 Å². The molecule has 0 saturated carbocycles. The fraction of sp³-hybridized carbons (Fsp3) is 0.125. The Kier molecular flexibility index (Phi) is 3.09. The van der Waals surface area contributed by atoms with Crippen LogP contribution in [-0.2, 0) is 0 Å². The zero-order chi connectivity index (χ0) is 11.6. The van der Waals surface area contributed by atoms with Gasteiger partial charge in [0.15, 0.2) is 0 Å². The summed E-state index contributed by atoms with van der Waals surface area (Å²) in [6, 6.07) is 3.42. The molecule has 0 spiro atoms. The van der Waals surface area contributed by atoms with Crippen molar-refractivity contribution in [2.24, 2.45) is 5.73 Å². The van der Waals surface area contributed by atoms with Gasteiger partial charge in [-0.3, -0.25) is 4.79 Å². The van der Waals surface area contributed by atoms with Crippen LogP contribution < -0.4 is 10.5 Å². The lowest BCUT2D eigenvalue weighted by atomic mass is 10.2. The number of rotatable bonds is 2. The van der Waals surface area contributed by atoms with Crippen LogP contribution in [0, 0.1) is 0 Å². The predicted molar refractivity (Wildman–Crippen MR) is 46.7 cm³/mol. The molecule has 82 valence electrons. The largest absolute Gasteiger partial charge is 0.573 e. The number of hydrogen-bond donors (Lipinski definition) is 1. The first-order valence-electron chi connectivity index (χ1n) is 3.65. The number of alkyl halides is 3. The fourth-order valence-corrected chi connectivity index (χ4v) is 1.21. The molecule has 0 aliphatic heterocycles. The molecule has 0 saturated heterocycles. The minimum Gasteiger partial charge on any atom is -0.405 e. The molecule has 0 aromatic heterocycles. The van der Waals surface area contributed by atoms with Crippen LogP contribution in [0.3, 0.4) is 0 Å². The van der Waals surface area contributed by atoms with Crippen molar-refractivity contribution in [3.05, 3.63) is 28.8 Å². The standard InChI is InChI=1S/C8H5ClF3NO2/c9-4-2-1-3-5(6(4)7(13)14)15-8(10,11)12/h1-3H,(H2,13,14). The van der Waals surface area contributed by atoms with Crippen LogP contribution >= 0.6 is 11.6 Å². The number of benzene rings is 1. The fourth-order valence-electron chi connectivity index (χ4n) is 0.953. The average Bonchev–Trinajstić information content (AvgIpc) is 1.99. The Hall–Kier alpha value is -1.43. The molecule has 1 rings (SSSR count). The van der Waals surface area contributed by atoms with Gasteiger partial charge in [0.05, 0.1) is 5.02 Å². The number of carbonyl (C=O) groups excluding carboxylic acids is 1. The molecule has 1 aromatic rings. The van der Waals surface area contributed by atoms with Crippen LogP contribution in [0.15, 0.2) is 18.2 Å². The summed E-state index contributed by atoms with van der Waals surface area (Å²) in [6.07, 6.45) is -4.89. The maximum atomic E-state index is 11.9. The van der Waals surface area contributed by atoms with Gasteiger partial charge in [0.1, 0.15) is 11.3 Å². The SMILES string of the molecule is NC(=O)c1c(Cl)cccc1OC(F)(F)F. The van der Waals surface area contributed by atoms with Crippen molar-refractivity contribution < 1.29 is 22.7 Å². The highest BCUT2D eigenvalue weighted by molar-refractivity contribution is 6.34. The van der Waals surface area contributed by atoms with Crippen molar-refractivity contribution in [2.75, 3.05) is 0 Å². The molecule has 0 bridgehead atoms. The molecule has 0 aliphatic carbocycles. The van der Waals surface area contributed by atoms with Gasteiger partial charge in [0.2, 0.25) is 0 Å². The lowest BCUT2D eigenvalue weighted by molar-refractivity contribution is -0.274. The van der Waals surface area contributed by atoms with Gasteiger partial charge < -0.3 is 10.5 Å². The van der Waals surface area contributed by atoms with E-state index in [0.717, 1.165) is 6.07 Å². The first kappa shape index (κ1) is 11.6. The van der Waals surface area contributed by atoms with Gasteiger partial charge >= 0.3 is 6.36 Å². The molecule has 0 unspecified atom stereocenters. The van der Waals surface area contributed by atoms with Gasteiger partial charge in [-0.2, -0.15) is 0 Å². The van der Waals surface area contributed by atoms with Crippen LogP contribution in [0.1, 0.15) is 10.4 Å². The van der Waals surface area contributed by atoms with E-state index in [0.29, 0.717) is 0 Å². The Morgan fingerprint density at radius 3 is 2.47 bits per heavy atom. The van der Waals surface area contributed by atoms with Gasteiger partial charge in [-0.25, -0.2) is 0 Å². The van der Waals surface area contributed by atoms with Crippen molar-refractivity contribution in [1.29, 1.82) is 0 Å². The molecule has 7 heteroatoms. The normalized spacial score (nSPS) is 11.2. The van der Waals surface area contributed by atoms with Crippen molar-refractivity contribution >= 4 is 17.5 Å². The maximum Gasteiger partial charge on any atom is 0.573 e. The molecule has 1 aromatic carbocycles. The summed E-state index contributed by atoms with van der Waals surface area (Å²) < 4.78 is 39.3. The molecule has 1 amide bonds. The van der Waals surface area contributed by atoms with E-state index < -0.39 is 23.6 Å². The van der Waals surface area contributed by atoms with E-state index in [4.69, 9.17) is 17.3 Å². The molecule has 15 heavy (non-hydrogen) atoms. The monoisotopic (exact) mass is 239 g/mol. The second kappa shape index (κ2) is 3.98. The van der Waals surface area contributed by atoms with Crippen LogP contribution in [0.25, 0.3) is 0 Å². The second-order valence-corrected chi connectivity index (χ2v) is 2.93. The van der Waals surface area contributed by atoms with E-state index in [1.807, 2.05) is 0 Å². The minimum absolute atomic E-state index is 0.191. The Balaban J connectivity index is 3.18. The second-order valence-electron chi connectivity index (χ2n) is 2.53. The van der Waals surface area contributed by atoms with E-state index in [1.54, 1.807) is 0 Å². The molecule has 0 fully saturated rings. The molecular formula is C8H5ClF3NO2. The average molecular weight is 240 g/mol. The van der Waals surface area contributed by atoms with Crippen LogP contribution in [0.4, 0.5) is 13.2 Å². The van der Waals surface area contributed by atoms with Crippen molar-refractivity contribution in [3.8, 4) is 5.75 Å². The Bertz CT molecular complexity index is 392. The first-order valence-corrected chi connectivity index (χ1v) is 4.03. The Morgan fingerprint density at radius 2 is 2.00 bits per heavy atom. The van der Waals surface area contributed by atoms with E-state index in [2.05, 4.69) is 4.74 Å². The third-order valence-electron chi connectivity index (χ3n) is 1.45. The number of primary amides is 1. The summed E-state index contributed by atoms with van der Waals surface area (Å²) in [5.74, 6) is -1.79. The third-order valence-corrected chi connectivity index (χ3v) is 1.76. The number of ether oxygens (including phenoxy) is 1. The van der Waals surface area contributed by atoms with Crippen LogP contribution in [-0.4, -0.2) is 12.3 Å². The lowest BCUT2D eigenvalue weighted by Gasteiger charge is -2.12. The van der Waals surface area contributed by atoms with E-state index in [-0.39, 0.29) is 5.02 Å². The highest BCUT2D eigenvalue weighted by atomic mass is 35.5. The molecule has 0 radical (unpaired) electrons. The van der Waals surface area contributed by atoms with Crippen LogP contribution in [0.2, 0.25) is 5.02 Å².